The minimum atomic E-state index is -0.428. The van der Waals surface area contributed by atoms with Crippen LogP contribution >= 0.6 is 15.9 Å². The number of phenolic OH excluding ortho intramolecular Hbond substituents is 2. The Morgan fingerprint density at radius 3 is 2.74 bits per heavy atom. The lowest BCUT2D eigenvalue weighted by atomic mass is 10.1. The van der Waals surface area contributed by atoms with Crippen molar-refractivity contribution in [2.75, 3.05) is 6.61 Å². The van der Waals surface area contributed by atoms with E-state index in [2.05, 4.69) is 26.5 Å². The van der Waals surface area contributed by atoms with Gasteiger partial charge >= 0.3 is 0 Å². The van der Waals surface area contributed by atoms with E-state index in [1.54, 1.807) is 25.1 Å². The molecule has 0 bridgehead atoms. The molecule has 0 saturated carbocycles. The van der Waals surface area contributed by atoms with Gasteiger partial charge in [-0.2, -0.15) is 5.10 Å². The molecule has 120 valence electrons. The largest absolute Gasteiger partial charge is 0.508 e. The molecule has 2 aromatic rings. The SMILES string of the molecule is C/C(=N\NC(=O)COc1cccc(Br)c1)c1ccc(O)cc1O. The van der Waals surface area contributed by atoms with Crippen LogP contribution in [0.15, 0.2) is 52.0 Å². The third-order valence-electron chi connectivity index (χ3n) is 2.89. The van der Waals surface area contributed by atoms with E-state index in [4.69, 9.17) is 4.74 Å². The van der Waals surface area contributed by atoms with Crippen molar-refractivity contribution in [1.29, 1.82) is 0 Å². The fraction of sp³-hybridized carbons (Fsp3) is 0.125. The lowest BCUT2D eigenvalue weighted by Crippen LogP contribution is -2.25. The molecule has 0 radical (unpaired) electrons. The third kappa shape index (κ3) is 5.00. The predicted molar refractivity (Wildman–Crippen MR) is 89.8 cm³/mol. The molecule has 0 aliphatic carbocycles. The Balaban J connectivity index is 1.92. The summed E-state index contributed by atoms with van der Waals surface area (Å²) >= 11 is 3.31. The first-order chi connectivity index (χ1) is 11.0. The first-order valence-electron chi connectivity index (χ1n) is 6.69. The molecule has 2 aromatic carbocycles. The average molecular weight is 379 g/mol. The van der Waals surface area contributed by atoms with Gasteiger partial charge in [-0.25, -0.2) is 5.43 Å². The van der Waals surface area contributed by atoms with Crippen molar-refractivity contribution in [3.8, 4) is 17.2 Å². The highest BCUT2D eigenvalue weighted by Gasteiger charge is 2.07. The molecule has 0 atom stereocenters. The topological polar surface area (TPSA) is 91.2 Å². The molecule has 3 N–H and O–H groups in total. The van der Waals surface area contributed by atoms with E-state index in [1.165, 1.54) is 18.2 Å². The fourth-order valence-electron chi connectivity index (χ4n) is 1.77. The Morgan fingerprint density at radius 1 is 1.26 bits per heavy atom. The summed E-state index contributed by atoms with van der Waals surface area (Å²) in [6.45, 7) is 1.44. The predicted octanol–water partition coefficient (Wildman–Crippen LogP) is 2.78. The fourth-order valence-corrected chi connectivity index (χ4v) is 2.15. The van der Waals surface area contributed by atoms with Gasteiger partial charge in [-0.3, -0.25) is 4.79 Å². The molecule has 0 spiro atoms. The van der Waals surface area contributed by atoms with Gasteiger partial charge in [0.2, 0.25) is 0 Å². The number of benzene rings is 2. The molecule has 2 rings (SSSR count). The average Bonchev–Trinajstić information content (AvgIpc) is 2.50. The van der Waals surface area contributed by atoms with Crippen molar-refractivity contribution in [1.82, 2.24) is 5.43 Å². The van der Waals surface area contributed by atoms with Crippen molar-refractivity contribution in [2.24, 2.45) is 5.10 Å². The molecule has 0 aromatic heterocycles. The Hall–Kier alpha value is -2.54. The molecular formula is C16H15BrN2O4. The van der Waals surface area contributed by atoms with E-state index in [0.29, 0.717) is 17.0 Å². The van der Waals surface area contributed by atoms with Crippen LogP contribution in [-0.2, 0) is 4.79 Å². The highest BCUT2D eigenvalue weighted by molar-refractivity contribution is 9.10. The standard InChI is InChI=1S/C16H15BrN2O4/c1-10(14-6-5-12(20)8-15(14)21)18-19-16(22)9-23-13-4-2-3-11(17)7-13/h2-8,20-21H,9H2,1H3,(H,19,22)/b18-10+. The highest BCUT2D eigenvalue weighted by atomic mass is 79.9. The zero-order valence-electron chi connectivity index (χ0n) is 12.3. The lowest BCUT2D eigenvalue weighted by molar-refractivity contribution is -0.123. The van der Waals surface area contributed by atoms with Crippen LogP contribution in [0.4, 0.5) is 0 Å². The molecule has 6 nitrogen and oxygen atoms in total. The first kappa shape index (κ1) is 16.8. The summed E-state index contributed by atoms with van der Waals surface area (Å²) in [5, 5.41) is 22.9. The van der Waals surface area contributed by atoms with E-state index in [1.807, 2.05) is 6.07 Å². The van der Waals surface area contributed by atoms with Gasteiger partial charge in [0.15, 0.2) is 6.61 Å². The summed E-state index contributed by atoms with van der Waals surface area (Å²) in [6, 6.07) is 11.3. The second-order valence-electron chi connectivity index (χ2n) is 4.68. The molecule has 23 heavy (non-hydrogen) atoms. The Kier molecular flexibility index (Phi) is 5.59. The maximum absolute atomic E-state index is 11.7. The molecule has 0 heterocycles. The van der Waals surface area contributed by atoms with Crippen molar-refractivity contribution in [3.63, 3.8) is 0 Å². The number of phenols is 2. The number of nitrogens with zero attached hydrogens (tertiary/aromatic N) is 1. The van der Waals surface area contributed by atoms with Crippen molar-refractivity contribution < 1.29 is 19.7 Å². The monoisotopic (exact) mass is 378 g/mol. The van der Waals surface area contributed by atoms with E-state index < -0.39 is 5.91 Å². The van der Waals surface area contributed by atoms with Crippen LogP contribution in [-0.4, -0.2) is 28.4 Å². The highest BCUT2D eigenvalue weighted by Crippen LogP contribution is 2.23. The van der Waals surface area contributed by atoms with E-state index in [9.17, 15) is 15.0 Å². The van der Waals surface area contributed by atoms with Crippen LogP contribution in [0, 0.1) is 0 Å². The summed E-state index contributed by atoms with van der Waals surface area (Å²) < 4.78 is 6.19. The number of hydrazone groups is 1. The number of nitrogens with one attached hydrogen (secondary N) is 1. The van der Waals surface area contributed by atoms with E-state index >= 15 is 0 Å². The van der Waals surface area contributed by atoms with E-state index in [0.717, 1.165) is 4.47 Å². The summed E-state index contributed by atoms with van der Waals surface area (Å²) in [5.41, 5.74) is 3.16. The quantitative estimate of drug-likeness (QED) is 0.550. The second kappa shape index (κ2) is 7.64. The number of hydrogen-bond donors (Lipinski definition) is 3. The number of aromatic hydroxyl groups is 2. The minimum Gasteiger partial charge on any atom is -0.508 e. The van der Waals surface area contributed by atoms with Gasteiger partial charge in [-0.15, -0.1) is 0 Å². The number of ether oxygens (including phenoxy) is 1. The summed E-state index contributed by atoms with van der Waals surface area (Å²) in [7, 11) is 0. The maximum atomic E-state index is 11.7. The Bertz CT molecular complexity index is 747. The van der Waals surface area contributed by atoms with Crippen LogP contribution in [0.25, 0.3) is 0 Å². The Labute approximate surface area is 141 Å². The van der Waals surface area contributed by atoms with Gasteiger partial charge in [-0.05, 0) is 37.3 Å². The number of carbonyl (C=O) groups excluding carboxylic acids is 1. The zero-order chi connectivity index (χ0) is 16.8. The van der Waals surface area contributed by atoms with Gasteiger partial charge in [0.1, 0.15) is 17.2 Å². The van der Waals surface area contributed by atoms with Crippen LogP contribution in [0.5, 0.6) is 17.2 Å². The third-order valence-corrected chi connectivity index (χ3v) is 3.38. The van der Waals surface area contributed by atoms with Crippen LogP contribution < -0.4 is 10.2 Å². The summed E-state index contributed by atoms with van der Waals surface area (Å²) in [6.07, 6.45) is 0. The number of rotatable bonds is 5. The van der Waals surface area contributed by atoms with Crippen LogP contribution in [0.3, 0.4) is 0 Å². The smallest absolute Gasteiger partial charge is 0.277 e. The van der Waals surface area contributed by atoms with Gasteiger partial charge in [0, 0.05) is 16.1 Å². The van der Waals surface area contributed by atoms with Crippen molar-refractivity contribution in [3.05, 3.63) is 52.5 Å². The van der Waals surface area contributed by atoms with Gasteiger partial charge in [-0.1, -0.05) is 22.0 Å². The first-order valence-corrected chi connectivity index (χ1v) is 7.49. The number of carbonyl (C=O) groups is 1. The summed E-state index contributed by atoms with van der Waals surface area (Å²) in [5.74, 6) is -0.0367. The Morgan fingerprint density at radius 2 is 2.04 bits per heavy atom. The molecule has 0 saturated heterocycles. The van der Waals surface area contributed by atoms with Gasteiger partial charge in [0.25, 0.3) is 5.91 Å². The molecule has 0 aliphatic rings. The van der Waals surface area contributed by atoms with Crippen molar-refractivity contribution >= 4 is 27.5 Å². The minimum absolute atomic E-state index is 0.0505. The van der Waals surface area contributed by atoms with Gasteiger partial charge < -0.3 is 14.9 Å². The molecule has 1 amide bonds. The molecular weight excluding hydrogens is 364 g/mol. The molecule has 7 heteroatoms. The normalized spacial score (nSPS) is 11.1. The van der Waals surface area contributed by atoms with Gasteiger partial charge in [0.05, 0.1) is 5.71 Å². The van der Waals surface area contributed by atoms with Crippen molar-refractivity contribution in [2.45, 2.75) is 6.92 Å². The molecule has 0 aliphatic heterocycles. The summed E-state index contributed by atoms with van der Waals surface area (Å²) in [4.78, 5) is 11.7. The second-order valence-corrected chi connectivity index (χ2v) is 5.60. The number of hydrogen-bond acceptors (Lipinski definition) is 5. The zero-order valence-corrected chi connectivity index (χ0v) is 13.9. The molecule has 0 fully saturated rings. The van der Waals surface area contributed by atoms with Crippen LogP contribution in [0.2, 0.25) is 0 Å². The maximum Gasteiger partial charge on any atom is 0.277 e. The van der Waals surface area contributed by atoms with Crippen LogP contribution in [0.1, 0.15) is 12.5 Å². The molecule has 0 unspecified atom stereocenters. The van der Waals surface area contributed by atoms with E-state index in [-0.39, 0.29) is 18.1 Å². The number of amides is 1. The number of halogens is 1. The lowest BCUT2D eigenvalue weighted by Gasteiger charge is -2.07.